The normalized spacial score (nSPS) is 13.1. The monoisotopic (exact) mass is 285 g/mol. The van der Waals surface area contributed by atoms with Gasteiger partial charge in [0, 0.05) is 18.0 Å². The van der Waals surface area contributed by atoms with Gasteiger partial charge in [0.15, 0.2) is 11.5 Å². The van der Waals surface area contributed by atoms with Crippen molar-refractivity contribution in [2.75, 3.05) is 18.5 Å². The highest BCUT2D eigenvalue weighted by Gasteiger charge is 2.14. The van der Waals surface area contributed by atoms with E-state index in [0.717, 1.165) is 11.4 Å². The molecule has 2 N–H and O–H groups in total. The minimum absolute atomic E-state index is 0.288. The highest BCUT2D eigenvalue weighted by atomic mass is 16.6. The van der Waals surface area contributed by atoms with Gasteiger partial charge in [-0.15, -0.1) is 5.10 Å². The lowest BCUT2D eigenvalue weighted by molar-refractivity contribution is 0.171. The molecule has 2 aromatic heterocycles. The van der Waals surface area contributed by atoms with Crippen LogP contribution >= 0.6 is 0 Å². The molecule has 0 spiro atoms. The zero-order valence-corrected chi connectivity index (χ0v) is 10.9. The van der Waals surface area contributed by atoms with E-state index in [1.54, 1.807) is 12.3 Å². The number of hydrogen-bond donors (Lipinski definition) is 2. The van der Waals surface area contributed by atoms with Crippen molar-refractivity contribution in [2.45, 2.75) is 0 Å². The Bertz CT molecular complexity index is 753. The molecule has 1 aromatic carbocycles. The Morgan fingerprint density at radius 3 is 2.81 bits per heavy atom. The number of benzene rings is 1. The van der Waals surface area contributed by atoms with Crippen LogP contribution < -0.4 is 14.8 Å². The molecule has 0 saturated heterocycles. The van der Waals surface area contributed by atoms with E-state index in [2.05, 4.69) is 25.7 Å². The molecule has 0 atom stereocenters. The van der Waals surface area contributed by atoms with Gasteiger partial charge in [-0.2, -0.15) is 5.10 Å². The summed E-state index contributed by atoms with van der Waals surface area (Å²) in [5.41, 5.74) is 1.44. The van der Waals surface area contributed by atoms with Crippen LogP contribution in [0.5, 0.6) is 11.5 Å². The molecule has 21 heavy (non-hydrogen) atoms. The Labute approximate surface area is 119 Å². The zero-order chi connectivity index (χ0) is 14.1. The number of aromatic nitrogens is 4. The minimum Gasteiger partial charge on any atom is -0.486 e. The van der Waals surface area contributed by atoms with Crippen molar-refractivity contribution in [3.8, 4) is 23.1 Å². The lowest BCUT2D eigenvalue weighted by Crippen LogP contribution is -2.15. The maximum atomic E-state index is 5.52. The number of hydrogen-bond acceptors (Lipinski definition) is 7. The first-order valence-electron chi connectivity index (χ1n) is 6.38. The molecule has 106 valence electrons. The molecule has 8 heteroatoms. The van der Waals surface area contributed by atoms with Crippen LogP contribution in [0.1, 0.15) is 0 Å². The third-order valence-electron chi connectivity index (χ3n) is 2.95. The lowest BCUT2D eigenvalue weighted by Gasteiger charge is -2.18. The second kappa shape index (κ2) is 4.82. The first kappa shape index (κ1) is 11.8. The summed E-state index contributed by atoms with van der Waals surface area (Å²) in [5.74, 6) is 1.79. The highest BCUT2D eigenvalue weighted by molar-refractivity contribution is 5.60. The summed E-state index contributed by atoms with van der Waals surface area (Å²) in [6, 6.07) is 7.56. The highest BCUT2D eigenvalue weighted by Crippen LogP contribution is 2.33. The molecule has 3 heterocycles. The first-order valence-corrected chi connectivity index (χ1v) is 6.38. The van der Waals surface area contributed by atoms with Gasteiger partial charge in [0.1, 0.15) is 18.9 Å². The third kappa shape index (κ3) is 2.27. The van der Waals surface area contributed by atoms with Gasteiger partial charge in [-0.3, -0.25) is 5.10 Å². The molecule has 0 amide bonds. The summed E-state index contributed by atoms with van der Waals surface area (Å²) < 4.78 is 16.5. The van der Waals surface area contributed by atoms with Gasteiger partial charge in [0.2, 0.25) is 0 Å². The SMILES string of the molecule is c1cc(-c2nnc(Nc3ccc4c(c3)OCCO4)o2)[nH]n1. The fourth-order valence-electron chi connectivity index (χ4n) is 2.00. The molecule has 4 rings (SSSR count). The van der Waals surface area contributed by atoms with Gasteiger partial charge in [-0.25, -0.2) is 0 Å². The predicted octanol–water partition coefficient (Wildman–Crippen LogP) is 1.97. The van der Waals surface area contributed by atoms with Crippen LogP contribution in [0.2, 0.25) is 0 Å². The van der Waals surface area contributed by atoms with Gasteiger partial charge >= 0.3 is 6.01 Å². The quantitative estimate of drug-likeness (QED) is 0.759. The summed E-state index contributed by atoms with van der Waals surface area (Å²) >= 11 is 0. The van der Waals surface area contributed by atoms with E-state index >= 15 is 0 Å². The maximum absolute atomic E-state index is 5.52. The number of fused-ring (bicyclic) bond motifs is 1. The summed E-state index contributed by atoms with van der Waals surface area (Å²) in [4.78, 5) is 0. The molecule has 1 aliphatic heterocycles. The fraction of sp³-hybridized carbons (Fsp3) is 0.154. The third-order valence-corrected chi connectivity index (χ3v) is 2.95. The van der Waals surface area contributed by atoms with Crippen molar-refractivity contribution >= 4 is 11.7 Å². The van der Waals surface area contributed by atoms with Crippen molar-refractivity contribution in [3.63, 3.8) is 0 Å². The molecular weight excluding hydrogens is 274 g/mol. The number of rotatable bonds is 3. The average molecular weight is 285 g/mol. The van der Waals surface area contributed by atoms with Crippen LogP contribution in [0.25, 0.3) is 11.6 Å². The van der Waals surface area contributed by atoms with E-state index in [4.69, 9.17) is 13.9 Å². The van der Waals surface area contributed by atoms with Gasteiger partial charge in [-0.05, 0) is 18.2 Å². The Morgan fingerprint density at radius 1 is 1.05 bits per heavy atom. The molecule has 3 aromatic rings. The van der Waals surface area contributed by atoms with E-state index in [-0.39, 0.29) is 6.01 Å². The van der Waals surface area contributed by atoms with Crippen LogP contribution in [0.3, 0.4) is 0 Å². The maximum Gasteiger partial charge on any atom is 0.320 e. The Kier molecular flexibility index (Phi) is 2.70. The van der Waals surface area contributed by atoms with Crippen molar-refractivity contribution in [2.24, 2.45) is 0 Å². The second-order valence-electron chi connectivity index (χ2n) is 4.37. The second-order valence-corrected chi connectivity index (χ2v) is 4.37. The van der Waals surface area contributed by atoms with E-state index in [1.165, 1.54) is 0 Å². The largest absolute Gasteiger partial charge is 0.486 e. The van der Waals surface area contributed by atoms with E-state index in [0.29, 0.717) is 30.5 Å². The number of nitrogens with one attached hydrogen (secondary N) is 2. The smallest absolute Gasteiger partial charge is 0.320 e. The number of H-pyrrole nitrogens is 1. The Balaban J connectivity index is 1.56. The molecule has 1 aliphatic rings. The zero-order valence-electron chi connectivity index (χ0n) is 10.9. The van der Waals surface area contributed by atoms with Crippen molar-refractivity contribution in [1.82, 2.24) is 20.4 Å². The Hall–Kier alpha value is -3.03. The van der Waals surface area contributed by atoms with Crippen LogP contribution in [0, 0.1) is 0 Å². The van der Waals surface area contributed by atoms with Crippen LogP contribution in [0.4, 0.5) is 11.7 Å². The molecule has 8 nitrogen and oxygen atoms in total. The van der Waals surface area contributed by atoms with Crippen LogP contribution in [-0.4, -0.2) is 33.6 Å². The van der Waals surface area contributed by atoms with Crippen molar-refractivity contribution < 1.29 is 13.9 Å². The number of ether oxygens (including phenoxy) is 2. The summed E-state index contributed by atoms with van der Waals surface area (Å²) in [7, 11) is 0. The van der Waals surface area contributed by atoms with Gasteiger partial charge in [0.25, 0.3) is 5.89 Å². The summed E-state index contributed by atoms with van der Waals surface area (Å²) in [6.45, 7) is 1.11. The van der Waals surface area contributed by atoms with Gasteiger partial charge in [-0.1, -0.05) is 5.10 Å². The van der Waals surface area contributed by atoms with E-state index < -0.39 is 0 Å². The molecule has 0 radical (unpaired) electrons. The molecule has 0 bridgehead atoms. The average Bonchev–Trinajstić information content (AvgIpc) is 3.18. The molecule has 0 aliphatic carbocycles. The van der Waals surface area contributed by atoms with Gasteiger partial charge < -0.3 is 19.2 Å². The predicted molar refractivity (Wildman–Crippen MR) is 72.6 cm³/mol. The van der Waals surface area contributed by atoms with Crippen LogP contribution in [-0.2, 0) is 0 Å². The summed E-state index contributed by atoms with van der Waals surface area (Å²) in [5, 5.41) is 17.5. The lowest BCUT2D eigenvalue weighted by atomic mass is 10.2. The number of anilines is 2. The first-order chi connectivity index (χ1) is 10.4. The fourth-order valence-corrected chi connectivity index (χ4v) is 2.00. The topological polar surface area (TPSA) is 98.1 Å². The molecule has 0 unspecified atom stereocenters. The van der Waals surface area contributed by atoms with Crippen molar-refractivity contribution in [1.29, 1.82) is 0 Å². The standard InChI is InChI=1S/C13H11N5O3/c1-2-10-11(20-6-5-19-10)7-8(1)15-13-18-17-12(21-13)9-3-4-14-16-9/h1-4,7H,5-6H2,(H,14,16)(H,15,18). The van der Waals surface area contributed by atoms with Crippen LogP contribution in [0.15, 0.2) is 34.9 Å². The summed E-state index contributed by atoms with van der Waals surface area (Å²) in [6.07, 6.45) is 1.62. The van der Waals surface area contributed by atoms with E-state index in [9.17, 15) is 0 Å². The Morgan fingerprint density at radius 2 is 1.95 bits per heavy atom. The molecule has 0 saturated carbocycles. The van der Waals surface area contributed by atoms with Gasteiger partial charge in [0.05, 0.1) is 0 Å². The van der Waals surface area contributed by atoms with Crippen molar-refractivity contribution in [3.05, 3.63) is 30.5 Å². The number of aromatic amines is 1. The number of nitrogens with zero attached hydrogens (tertiary/aromatic N) is 3. The van der Waals surface area contributed by atoms with E-state index in [1.807, 2.05) is 18.2 Å². The molecular formula is C13H11N5O3. The minimum atomic E-state index is 0.288. The molecule has 0 fully saturated rings.